The Morgan fingerprint density at radius 2 is 1.93 bits per heavy atom. The molecule has 0 aromatic heterocycles. The predicted molar refractivity (Wildman–Crippen MR) is 59.8 cm³/mol. The Labute approximate surface area is 91.9 Å². The highest BCUT2D eigenvalue weighted by Crippen LogP contribution is 2.34. The standard InChI is InChI=1S/C10H20N2O2S/c1-8(2)10(11)6-12(7-10)15(13,14)5-9-3-4-9/h8-9H,3-7,11H2,1-2H3. The number of hydrogen-bond donors (Lipinski definition) is 1. The first-order chi connectivity index (χ1) is 6.83. The number of rotatable bonds is 4. The van der Waals surface area contributed by atoms with Crippen molar-refractivity contribution in [2.75, 3.05) is 18.8 Å². The summed E-state index contributed by atoms with van der Waals surface area (Å²) in [6, 6.07) is 0. The lowest BCUT2D eigenvalue weighted by atomic mass is 9.82. The average Bonchev–Trinajstić information content (AvgIpc) is 2.80. The van der Waals surface area contributed by atoms with Crippen molar-refractivity contribution in [3.05, 3.63) is 0 Å². The highest BCUT2D eigenvalue weighted by Gasteiger charge is 2.48. The molecule has 1 saturated carbocycles. The molecule has 0 aromatic rings. The van der Waals surface area contributed by atoms with Crippen molar-refractivity contribution in [3.8, 4) is 0 Å². The van der Waals surface area contributed by atoms with Gasteiger partial charge in [-0.25, -0.2) is 8.42 Å². The normalized spacial score (nSPS) is 26.7. The zero-order valence-corrected chi connectivity index (χ0v) is 10.3. The Morgan fingerprint density at radius 1 is 1.40 bits per heavy atom. The zero-order valence-electron chi connectivity index (χ0n) is 9.44. The van der Waals surface area contributed by atoms with E-state index in [1.54, 1.807) is 4.31 Å². The second-order valence-electron chi connectivity index (χ2n) is 5.38. The van der Waals surface area contributed by atoms with E-state index in [0.717, 1.165) is 12.8 Å². The van der Waals surface area contributed by atoms with Gasteiger partial charge in [0, 0.05) is 18.6 Å². The summed E-state index contributed by atoms with van der Waals surface area (Å²) in [7, 11) is -3.01. The van der Waals surface area contributed by atoms with Crippen LogP contribution in [0.3, 0.4) is 0 Å². The minimum absolute atomic E-state index is 0.295. The predicted octanol–water partition coefficient (Wildman–Crippen LogP) is 0.395. The summed E-state index contributed by atoms with van der Waals surface area (Å²) in [5, 5.41) is 0. The van der Waals surface area contributed by atoms with Gasteiger partial charge in [-0.05, 0) is 24.7 Å². The van der Waals surface area contributed by atoms with Crippen LogP contribution in [0.1, 0.15) is 26.7 Å². The molecule has 0 spiro atoms. The van der Waals surface area contributed by atoms with Crippen LogP contribution in [0.4, 0.5) is 0 Å². The molecule has 0 atom stereocenters. The van der Waals surface area contributed by atoms with Gasteiger partial charge < -0.3 is 5.73 Å². The molecule has 1 saturated heterocycles. The molecular formula is C10H20N2O2S. The van der Waals surface area contributed by atoms with Crippen molar-refractivity contribution in [2.45, 2.75) is 32.2 Å². The lowest BCUT2D eigenvalue weighted by molar-refractivity contribution is 0.110. The molecule has 2 rings (SSSR count). The summed E-state index contributed by atoms with van der Waals surface area (Å²) < 4.78 is 25.2. The van der Waals surface area contributed by atoms with Crippen molar-refractivity contribution >= 4 is 10.0 Å². The molecule has 0 unspecified atom stereocenters. The molecule has 5 heteroatoms. The lowest BCUT2D eigenvalue weighted by Crippen LogP contribution is -2.71. The molecule has 0 amide bonds. The molecule has 2 fully saturated rings. The summed E-state index contributed by atoms with van der Waals surface area (Å²) in [4.78, 5) is 0. The summed E-state index contributed by atoms with van der Waals surface area (Å²) in [5.41, 5.74) is 5.78. The first-order valence-corrected chi connectivity index (χ1v) is 7.21. The summed E-state index contributed by atoms with van der Waals surface area (Å²) >= 11 is 0. The zero-order chi connectivity index (χ0) is 11.3. The van der Waals surface area contributed by atoms with Crippen molar-refractivity contribution in [1.82, 2.24) is 4.31 Å². The maximum Gasteiger partial charge on any atom is 0.214 e. The molecule has 0 bridgehead atoms. The fourth-order valence-electron chi connectivity index (χ4n) is 1.86. The van der Waals surface area contributed by atoms with E-state index >= 15 is 0 Å². The van der Waals surface area contributed by atoms with Gasteiger partial charge >= 0.3 is 0 Å². The van der Waals surface area contributed by atoms with Gasteiger partial charge in [0.05, 0.1) is 5.75 Å². The van der Waals surface area contributed by atoms with Gasteiger partial charge in [-0.15, -0.1) is 0 Å². The SMILES string of the molecule is CC(C)C1(N)CN(S(=O)(=O)CC2CC2)C1. The third-order valence-corrected chi connectivity index (χ3v) is 5.57. The van der Waals surface area contributed by atoms with Gasteiger partial charge in [0.1, 0.15) is 0 Å². The van der Waals surface area contributed by atoms with Crippen LogP contribution in [0, 0.1) is 11.8 Å². The van der Waals surface area contributed by atoms with Gasteiger partial charge in [-0.1, -0.05) is 13.8 Å². The molecule has 1 aliphatic carbocycles. The van der Waals surface area contributed by atoms with E-state index in [1.807, 2.05) is 13.8 Å². The molecular weight excluding hydrogens is 212 g/mol. The van der Waals surface area contributed by atoms with Crippen molar-refractivity contribution in [3.63, 3.8) is 0 Å². The van der Waals surface area contributed by atoms with E-state index in [-0.39, 0.29) is 5.54 Å². The van der Waals surface area contributed by atoms with E-state index in [2.05, 4.69) is 0 Å². The first kappa shape index (κ1) is 11.4. The van der Waals surface area contributed by atoms with Gasteiger partial charge in [0.2, 0.25) is 10.0 Å². The average molecular weight is 232 g/mol. The molecule has 0 aromatic carbocycles. The topological polar surface area (TPSA) is 63.4 Å². The monoisotopic (exact) mass is 232 g/mol. The fourth-order valence-corrected chi connectivity index (χ4v) is 3.87. The third kappa shape index (κ3) is 2.19. The Hall–Kier alpha value is -0.130. The van der Waals surface area contributed by atoms with Crippen LogP contribution >= 0.6 is 0 Å². The first-order valence-electron chi connectivity index (χ1n) is 5.60. The smallest absolute Gasteiger partial charge is 0.214 e. The summed E-state index contributed by atoms with van der Waals surface area (Å²) in [6.07, 6.45) is 2.15. The molecule has 1 aliphatic heterocycles. The van der Waals surface area contributed by atoms with Crippen LogP contribution in [0.25, 0.3) is 0 Å². The van der Waals surface area contributed by atoms with Crippen LogP contribution < -0.4 is 5.73 Å². The Bertz CT molecular complexity index is 340. The van der Waals surface area contributed by atoms with Gasteiger partial charge in [-0.3, -0.25) is 0 Å². The molecule has 0 radical (unpaired) electrons. The Balaban J connectivity index is 1.92. The molecule has 88 valence electrons. The molecule has 4 nitrogen and oxygen atoms in total. The minimum Gasteiger partial charge on any atom is -0.323 e. The quantitative estimate of drug-likeness (QED) is 0.763. The van der Waals surface area contributed by atoms with Crippen LogP contribution in [0.15, 0.2) is 0 Å². The third-order valence-electron chi connectivity index (χ3n) is 3.63. The van der Waals surface area contributed by atoms with E-state index in [4.69, 9.17) is 5.73 Å². The van der Waals surface area contributed by atoms with Crippen LogP contribution in [0.5, 0.6) is 0 Å². The molecule has 2 N–H and O–H groups in total. The molecule has 1 heterocycles. The van der Waals surface area contributed by atoms with Crippen molar-refractivity contribution in [1.29, 1.82) is 0 Å². The van der Waals surface area contributed by atoms with E-state index in [9.17, 15) is 8.42 Å². The second kappa shape index (κ2) is 3.43. The number of nitrogens with two attached hydrogens (primary N) is 1. The van der Waals surface area contributed by atoms with E-state index in [1.165, 1.54) is 0 Å². The van der Waals surface area contributed by atoms with Crippen LogP contribution in [0.2, 0.25) is 0 Å². The number of sulfonamides is 1. The number of nitrogens with zero attached hydrogens (tertiary/aromatic N) is 1. The second-order valence-corrected chi connectivity index (χ2v) is 7.39. The Kier molecular flexibility index (Phi) is 2.60. The summed E-state index contributed by atoms with van der Waals surface area (Å²) in [5.74, 6) is 1.09. The largest absolute Gasteiger partial charge is 0.323 e. The highest BCUT2D eigenvalue weighted by molar-refractivity contribution is 7.89. The van der Waals surface area contributed by atoms with Gasteiger partial charge in [-0.2, -0.15) is 4.31 Å². The molecule has 15 heavy (non-hydrogen) atoms. The highest BCUT2D eigenvalue weighted by atomic mass is 32.2. The van der Waals surface area contributed by atoms with Crippen LogP contribution in [-0.2, 0) is 10.0 Å². The van der Waals surface area contributed by atoms with Gasteiger partial charge in [0.15, 0.2) is 0 Å². The molecule has 2 aliphatic rings. The van der Waals surface area contributed by atoms with E-state index < -0.39 is 10.0 Å². The fraction of sp³-hybridized carbons (Fsp3) is 1.00. The van der Waals surface area contributed by atoms with Crippen molar-refractivity contribution in [2.24, 2.45) is 17.6 Å². The lowest BCUT2D eigenvalue weighted by Gasteiger charge is -2.49. The maximum atomic E-state index is 11.8. The number of hydrogen-bond acceptors (Lipinski definition) is 3. The van der Waals surface area contributed by atoms with Crippen molar-refractivity contribution < 1.29 is 8.42 Å². The van der Waals surface area contributed by atoms with Gasteiger partial charge in [0.25, 0.3) is 0 Å². The summed E-state index contributed by atoms with van der Waals surface area (Å²) in [6.45, 7) is 5.09. The Morgan fingerprint density at radius 3 is 2.33 bits per heavy atom. The van der Waals surface area contributed by atoms with E-state index in [0.29, 0.717) is 30.7 Å². The van der Waals surface area contributed by atoms with Crippen LogP contribution in [-0.4, -0.2) is 37.1 Å². The minimum atomic E-state index is -3.01. The maximum absolute atomic E-state index is 11.8.